The lowest BCUT2D eigenvalue weighted by atomic mass is 9.82. The number of esters is 4. The Morgan fingerprint density at radius 3 is 2.24 bits per heavy atom. The zero-order valence-electron chi connectivity index (χ0n) is 42.1. The quantitative estimate of drug-likeness (QED) is 0.127. The number of carbonyl (C=O) groups is 5. The highest BCUT2D eigenvalue weighted by molar-refractivity contribution is 5.73. The Labute approximate surface area is 402 Å². The summed E-state index contributed by atoms with van der Waals surface area (Å²) in [6.45, 7) is 14.9. The molecule has 3 heterocycles. The molecule has 18 nitrogen and oxygen atoms in total. The Morgan fingerprint density at radius 2 is 1.62 bits per heavy atom. The maximum absolute atomic E-state index is 13.7. The minimum Gasteiger partial charge on any atom is -0.463 e. The molecule has 0 amide bonds. The number of nitrogens with zero attached hydrogens (tertiary/aromatic N) is 2. The van der Waals surface area contributed by atoms with Gasteiger partial charge >= 0.3 is 23.9 Å². The molecule has 3 aliphatic rings. The first kappa shape index (κ1) is 57.0. The van der Waals surface area contributed by atoms with E-state index in [9.17, 15) is 34.2 Å². The van der Waals surface area contributed by atoms with Crippen LogP contribution >= 0.6 is 0 Å². The van der Waals surface area contributed by atoms with Gasteiger partial charge in [0.05, 0.1) is 36.9 Å². The predicted molar refractivity (Wildman–Crippen MR) is 248 cm³/mol. The second-order valence-corrected chi connectivity index (χ2v) is 19.2. The van der Waals surface area contributed by atoms with E-state index >= 15 is 0 Å². The molecule has 0 radical (unpaired) electrons. The number of hydrogen-bond donors (Lipinski definition) is 2. The number of β-amino-alcohol motifs (C(OH)–C–C–N with tert-alkyl or cyclic N) is 1. The van der Waals surface area contributed by atoms with Gasteiger partial charge in [0.2, 0.25) is 0 Å². The van der Waals surface area contributed by atoms with Crippen molar-refractivity contribution in [3.63, 3.8) is 0 Å². The van der Waals surface area contributed by atoms with Crippen molar-refractivity contribution in [2.24, 2.45) is 11.8 Å². The van der Waals surface area contributed by atoms with Gasteiger partial charge in [0.25, 0.3) is 0 Å². The Morgan fingerprint density at radius 1 is 0.941 bits per heavy atom. The number of aryl methyl sites for hydroxylation is 1. The van der Waals surface area contributed by atoms with Crippen LogP contribution in [0.1, 0.15) is 112 Å². The van der Waals surface area contributed by atoms with Crippen LogP contribution in [-0.4, -0.2) is 176 Å². The molecule has 4 rings (SSSR count). The molecular formula is C50H80N2O16. The average molecular weight is 965 g/mol. The molecule has 3 aliphatic heterocycles. The molecule has 2 N–H and O–H groups in total. The highest BCUT2D eigenvalue weighted by Gasteiger charge is 2.54. The summed E-state index contributed by atoms with van der Waals surface area (Å²) in [6.07, 6.45) is -9.34. The second kappa shape index (κ2) is 27.1. The minimum atomic E-state index is -1.42. The monoisotopic (exact) mass is 965 g/mol. The number of likely N-dealkylation sites (N-methyl/N-ethyl adjacent to an activating group) is 1. The topological polar surface area (TPSA) is 215 Å². The van der Waals surface area contributed by atoms with Crippen molar-refractivity contribution >= 4 is 30.2 Å². The Kier molecular flexibility index (Phi) is 22.7. The van der Waals surface area contributed by atoms with Crippen LogP contribution in [0.2, 0.25) is 0 Å². The fourth-order valence-corrected chi connectivity index (χ4v) is 9.80. The van der Waals surface area contributed by atoms with Crippen LogP contribution < -0.4 is 0 Å². The number of aliphatic hydroxyl groups excluding tert-OH is 2. The van der Waals surface area contributed by atoms with Gasteiger partial charge in [0.1, 0.15) is 36.8 Å². The zero-order valence-corrected chi connectivity index (χ0v) is 42.1. The van der Waals surface area contributed by atoms with Crippen molar-refractivity contribution in [3.05, 3.63) is 35.9 Å². The standard InChI is InChI=1S/C50H80N2O16/c1-12-39(56)64-38-27-41(58)61-31(4)21-24-52(23-17-20-35-18-15-14-16-19-35)29-37(55)30(3)26-36(22-25-53)46(47(38)60-11)67-49-44(59)43(51(9)10)45(32(5)63-49)66-42-28-50(8,68-34(7)54)48(33(6)62-42)65-40(57)13-2/h14-16,18-19,25,30-33,36-38,42-49,55,59H,12-13,17,20-24,26-29H2,1-11H3/t30-,31-,32?,33?,36+,37+,38-,42?,43?,44?,45?,46+,47?,48?,49?,50?/m1/s1. The molecule has 0 bridgehead atoms. The zero-order chi connectivity index (χ0) is 50.3. The highest BCUT2D eigenvalue weighted by Crippen LogP contribution is 2.39. The van der Waals surface area contributed by atoms with Crippen molar-refractivity contribution in [2.45, 2.75) is 198 Å². The lowest BCUT2D eigenvalue weighted by molar-refractivity contribution is -0.344. The molecule has 18 heteroatoms. The minimum absolute atomic E-state index is 0.00701. The second-order valence-electron chi connectivity index (χ2n) is 19.2. The van der Waals surface area contributed by atoms with Gasteiger partial charge in [-0.05, 0) is 91.4 Å². The van der Waals surface area contributed by atoms with Crippen molar-refractivity contribution in [1.82, 2.24) is 9.80 Å². The Balaban J connectivity index is 1.68. The average Bonchev–Trinajstić information content (AvgIpc) is 3.27. The van der Waals surface area contributed by atoms with E-state index in [4.69, 9.17) is 42.6 Å². The Hall–Kier alpha value is -3.59. The van der Waals surface area contributed by atoms with Gasteiger partial charge in [0, 0.05) is 52.8 Å². The lowest BCUT2D eigenvalue weighted by Gasteiger charge is -2.50. The van der Waals surface area contributed by atoms with E-state index in [-0.39, 0.29) is 38.0 Å². The third-order valence-corrected chi connectivity index (χ3v) is 13.4. The number of benzene rings is 1. The van der Waals surface area contributed by atoms with Gasteiger partial charge in [-0.25, -0.2) is 0 Å². The van der Waals surface area contributed by atoms with Gasteiger partial charge in [-0.2, -0.15) is 0 Å². The molecule has 1 aromatic rings. The van der Waals surface area contributed by atoms with Crippen LogP contribution in [-0.2, 0) is 73.0 Å². The van der Waals surface area contributed by atoms with Crippen molar-refractivity contribution < 1.29 is 76.8 Å². The number of carbonyl (C=O) groups excluding carboxylic acids is 5. The number of cyclic esters (lactones) is 1. The number of rotatable bonds is 17. The molecule has 0 saturated carbocycles. The highest BCUT2D eigenvalue weighted by atomic mass is 16.7. The first-order chi connectivity index (χ1) is 32.2. The van der Waals surface area contributed by atoms with E-state index in [0.29, 0.717) is 26.1 Å². The van der Waals surface area contributed by atoms with Crippen LogP contribution in [0.25, 0.3) is 0 Å². The first-order valence-electron chi connectivity index (χ1n) is 24.4. The summed E-state index contributed by atoms with van der Waals surface area (Å²) in [5.41, 5.74) is -0.114. The fraction of sp³-hybridized carbons (Fsp3) is 0.780. The summed E-state index contributed by atoms with van der Waals surface area (Å²) in [5, 5.41) is 24.2. The van der Waals surface area contributed by atoms with E-state index in [1.165, 1.54) is 19.6 Å². The summed E-state index contributed by atoms with van der Waals surface area (Å²) in [6, 6.07) is 9.34. The van der Waals surface area contributed by atoms with Crippen LogP contribution in [0.3, 0.4) is 0 Å². The summed E-state index contributed by atoms with van der Waals surface area (Å²) < 4.78 is 55.6. The van der Waals surface area contributed by atoms with Crippen LogP contribution in [0.5, 0.6) is 0 Å². The number of aldehydes is 1. The number of methoxy groups -OCH3 is 1. The molecule has 3 fully saturated rings. The largest absolute Gasteiger partial charge is 0.463 e. The smallest absolute Gasteiger partial charge is 0.309 e. The first-order valence-corrected chi connectivity index (χ1v) is 24.4. The van der Waals surface area contributed by atoms with Crippen LogP contribution in [0, 0.1) is 11.8 Å². The molecule has 10 unspecified atom stereocenters. The third-order valence-electron chi connectivity index (χ3n) is 13.4. The molecule has 1 aromatic carbocycles. The molecular weight excluding hydrogens is 885 g/mol. The maximum atomic E-state index is 13.7. The van der Waals surface area contributed by atoms with E-state index < -0.39 is 121 Å². The van der Waals surface area contributed by atoms with Crippen LogP contribution in [0.15, 0.2) is 30.3 Å². The van der Waals surface area contributed by atoms with Crippen molar-refractivity contribution in [1.29, 1.82) is 0 Å². The molecule has 386 valence electrons. The van der Waals surface area contributed by atoms with E-state index in [1.54, 1.807) is 60.5 Å². The molecule has 3 saturated heterocycles. The molecule has 0 spiro atoms. The third kappa shape index (κ3) is 16.2. The van der Waals surface area contributed by atoms with Gasteiger partial charge < -0.3 is 67.4 Å². The van der Waals surface area contributed by atoms with E-state index in [2.05, 4.69) is 17.0 Å². The summed E-state index contributed by atoms with van der Waals surface area (Å²) in [7, 11) is 4.89. The fourth-order valence-electron chi connectivity index (χ4n) is 9.80. The molecule has 16 atom stereocenters. The van der Waals surface area contributed by atoms with Gasteiger partial charge in [-0.3, -0.25) is 19.2 Å². The number of aliphatic hydroxyl groups is 2. The summed E-state index contributed by atoms with van der Waals surface area (Å²) in [4.78, 5) is 68.1. The van der Waals surface area contributed by atoms with E-state index in [1.807, 2.05) is 25.1 Å². The maximum Gasteiger partial charge on any atom is 0.309 e. The normalized spacial score (nSPS) is 35.9. The summed E-state index contributed by atoms with van der Waals surface area (Å²) in [5.74, 6) is -3.40. The number of hydrogen-bond acceptors (Lipinski definition) is 18. The van der Waals surface area contributed by atoms with Crippen LogP contribution in [0.4, 0.5) is 0 Å². The van der Waals surface area contributed by atoms with Gasteiger partial charge in [0.15, 0.2) is 24.3 Å². The predicted octanol–water partition coefficient (Wildman–Crippen LogP) is 4.16. The number of ether oxygens (including phenoxy) is 9. The molecule has 0 aromatic heterocycles. The molecule has 0 aliphatic carbocycles. The lowest BCUT2D eigenvalue weighted by Crippen LogP contribution is -2.66. The van der Waals surface area contributed by atoms with Crippen molar-refractivity contribution in [2.75, 3.05) is 40.8 Å². The Bertz CT molecular complexity index is 1740. The SMILES string of the molecule is CCC(=O)OC1C(C)OC(OC2C(C)OC(O[C@@H]3C(OC)[C@H](OC(=O)CC)CC(=O)O[C@H](C)CCN(CCCc4ccccc4)C[C@H](O)[C@H](C)C[C@@H]3CC=O)C(O)C2N(C)C)CC1(C)OC(C)=O. The van der Waals surface area contributed by atoms with Gasteiger partial charge in [-0.15, -0.1) is 0 Å². The van der Waals surface area contributed by atoms with E-state index in [0.717, 1.165) is 19.1 Å². The molecule has 68 heavy (non-hydrogen) atoms. The van der Waals surface area contributed by atoms with Gasteiger partial charge in [-0.1, -0.05) is 51.1 Å². The summed E-state index contributed by atoms with van der Waals surface area (Å²) >= 11 is 0. The van der Waals surface area contributed by atoms with Crippen molar-refractivity contribution in [3.8, 4) is 0 Å².